The number of hydrogen-bond acceptors (Lipinski definition) is 4. The third-order valence-corrected chi connectivity index (χ3v) is 2.76. The molecule has 0 aliphatic carbocycles. The van der Waals surface area contributed by atoms with Gasteiger partial charge in [-0.25, -0.2) is 9.97 Å². The molecular formula is C14H25N3O. The molecule has 1 aromatic heterocycles. The number of methoxy groups -OCH3 is 1. The summed E-state index contributed by atoms with van der Waals surface area (Å²) in [6, 6.07) is 0. The largest absolute Gasteiger partial charge is 0.384 e. The Morgan fingerprint density at radius 2 is 2.06 bits per heavy atom. The van der Waals surface area contributed by atoms with Gasteiger partial charge >= 0.3 is 0 Å². The Hall–Kier alpha value is -1.00. The zero-order valence-corrected chi connectivity index (χ0v) is 11.8. The lowest BCUT2D eigenvalue weighted by Crippen LogP contribution is -2.17. The van der Waals surface area contributed by atoms with E-state index in [4.69, 9.17) is 4.74 Å². The van der Waals surface area contributed by atoms with E-state index in [1.165, 1.54) is 11.3 Å². The molecule has 4 nitrogen and oxygen atoms in total. The lowest BCUT2D eigenvalue weighted by atomic mass is 10.1. The second kappa shape index (κ2) is 9.00. The standard InChI is InChI=1S/C14H25N3O/c1-4-6-13-12(10-15-8-5-2)11-16-14(17-13)7-9-18-3/h11,15H,4-10H2,1-3H3. The van der Waals surface area contributed by atoms with Gasteiger partial charge in [0, 0.05) is 37.5 Å². The summed E-state index contributed by atoms with van der Waals surface area (Å²) in [6.07, 6.45) is 6.03. The van der Waals surface area contributed by atoms with Crippen LogP contribution in [0.2, 0.25) is 0 Å². The highest BCUT2D eigenvalue weighted by Crippen LogP contribution is 2.08. The maximum Gasteiger partial charge on any atom is 0.130 e. The average Bonchev–Trinajstić information content (AvgIpc) is 2.39. The molecule has 102 valence electrons. The van der Waals surface area contributed by atoms with Crippen molar-refractivity contribution in [1.29, 1.82) is 0 Å². The van der Waals surface area contributed by atoms with Gasteiger partial charge in [0.25, 0.3) is 0 Å². The topological polar surface area (TPSA) is 47.0 Å². The van der Waals surface area contributed by atoms with Crippen molar-refractivity contribution >= 4 is 0 Å². The van der Waals surface area contributed by atoms with Crippen LogP contribution in [0.5, 0.6) is 0 Å². The Balaban J connectivity index is 2.69. The van der Waals surface area contributed by atoms with Gasteiger partial charge in [0.1, 0.15) is 5.82 Å². The molecule has 0 spiro atoms. The highest BCUT2D eigenvalue weighted by molar-refractivity contribution is 5.18. The molecule has 0 aliphatic rings. The molecule has 0 aromatic carbocycles. The first kappa shape index (κ1) is 15.1. The van der Waals surface area contributed by atoms with Crippen molar-refractivity contribution in [2.24, 2.45) is 0 Å². The van der Waals surface area contributed by atoms with Gasteiger partial charge in [0.2, 0.25) is 0 Å². The van der Waals surface area contributed by atoms with Gasteiger partial charge in [-0.15, -0.1) is 0 Å². The summed E-state index contributed by atoms with van der Waals surface area (Å²) in [5, 5.41) is 3.41. The van der Waals surface area contributed by atoms with Gasteiger partial charge in [-0.3, -0.25) is 0 Å². The third-order valence-electron chi connectivity index (χ3n) is 2.76. The van der Waals surface area contributed by atoms with Crippen LogP contribution in [0.15, 0.2) is 6.20 Å². The molecule has 0 saturated heterocycles. The Bertz CT molecular complexity index is 342. The highest BCUT2D eigenvalue weighted by Gasteiger charge is 2.06. The van der Waals surface area contributed by atoms with Gasteiger partial charge in [-0.05, 0) is 19.4 Å². The SMILES string of the molecule is CCCNCc1cnc(CCOC)nc1CCC. The number of rotatable bonds is 9. The molecule has 0 atom stereocenters. The summed E-state index contributed by atoms with van der Waals surface area (Å²) in [7, 11) is 1.70. The van der Waals surface area contributed by atoms with Crippen LogP contribution in [0.1, 0.15) is 43.8 Å². The van der Waals surface area contributed by atoms with Crippen LogP contribution in [0.3, 0.4) is 0 Å². The minimum Gasteiger partial charge on any atom is -0.384 e. The summed E-state index contributed by atoms with van der Waals surface area (Å²) >= 11 is 0. The monoisotopic (exact) mass is 251 g/mol. The van der Waals surface area contributed by atoms with Crippen LogP contribution in [-0.2, 0) is 24.1 Å². The number of hydrogen-bond donors (Lipinski definition) is 1. The van der Waals surface area contributed by atoms with E-state index in [9.17, 15) is 0 Å². The van der Waals surface area contributed by atoms with E-state index < -0.39 is 0 Å². The van der Waals surface area contributed by atoms with Crippen molar-refractivity contribution in [1.82, 2.24) is 15.3 Å². The summed E-state index contributed by atoms with van der Waals surface area (Å²) in [5.41, 5.74) is 2.41. The first-order chi connectivity index (χ1) is 8.81. The number of ether oxygens (including phenoxy) is 1. The fraction of sp³-hybridized carbons (Fsp3) is 0.714. The van der Waals surface area contributed by atoms with Gasteiger partial charge in [-0.2, -0.15) is 0 Å². The molecule has 0 fully saturated rings. The molecule has 0 unspecified atom stereocenters. The maximum absolute atomic E-state index is 5.06. The molecule has 0 saturated carbocycles. The Kier molecular flexibility index (Phi) is 7.53. The fourth-order valence-electron chi connectivity index (χ4n) is 1.80. The van der Waals surface area contributed by atoms with Crippen molar-refractivity contribution in [3.05, 3.63) is 23.3 Å². The Morgan fingerprint density at radius 1 is 1.22 bits per heavy atom. The van der Waals surface area contributed by atoms with Crippen LogP contribution in [-0.4, -0.2) is 30.2 Å². The van der Waals surface area contributed by atoms with Crippen molar-refractivity contribution in [3.63, 3.8) is 0 Å². The van der Waals surface area contributed by atoms with Gasteiger partial charge in [0.05, 0.1) is 6.61 Å². The zero-order valence-electron chi connectivity index (χ0n) is 11.8. The third kappa shape index (κ3) is 5.10. The second-order valence-electron chi connectivity index (χ2n) is 4.43. The summed E-state index contributed by atoms with van der Waals surface area (Å²) in [5.74, 6) is 0.888. The number of nitrogens with one attached hydrogen (secondary N) is 1. The maximum atomic E-state index is 5.06. The number of aryl methyl sites for hydroxylation is 1. The molecular weight excluding hydrogens is 226 g/mol. The van der Waals surface area contributed by atoms with E-state index in [-0.39, 0.29) is 0 Å². The van der Waals surface area contributed by atoms with Crippen molar-refractivity contribution in [2.75, 3.05) is 20.3 Å². The van der Waals surface area contributed by atoms with E-state index in [1.807, 2.05) is 6.20 Å². The van der Waals surface area contributed by atoms with E-state index >= 15 is 0 Å². The first-order valence-corrected chi connectivity index (χ1v) is 6.85. The lowest BCUT2D eigenvalue weighted by Gasteiger charge is -2.10. The summed E-state index contributed by atoms with van der Waals surface area (Å²) < 4.78 is 5.06. The molecule has 18 heavy (non-hydrogen) atoms. The predicted molar refractivity (Wildman–Crippen MR) is 73.6 cm³/mol. The zero-order chi connectivity index (χ0) is 13.2. The van der Waals surface area contributed by atoms with Gasteiger partial charge in [-0.1, -0.05) is 20.3 Å². The van der Waals surface area contributed by atoms with E-state index in [0.29, 0.717) is 6.61 Å². The van der Waals surface area contributed by atoms with Crippen LogP contribution >= 0.6 is 0 Å². The number of nitrogens with zero attached hydrogens (tertiary/aromatic N) is 2. The number of aromatic nitrogens is 2. The fourth-order valence-corrected chi connectivity index (χ4v) is 1.80. The molecule has 0 amide bonds. The van der Waals surface area contributed by atoms with Crippen molar-refractivity contribution < 1.29 is 4.74 Å². The Labute approximate surface area is 110 Å². The van der Waals surface area contributed by atoms with E-state index in [2.05, 4.69) is 29.1 Å². The van der Waals surface area contributed by atoms with Crippen LogP contribution in [0.4, 0.5) is 0 Å². The molecule has 1 N–H and O–H groups in total. The molecule has 1 heterocycles. The van der Waals surface area contributed by atoms with E-state index in [0.717, 1.165) is 44.6 Å². The normalized spacial score (nSPS) is 10.8. The molecule has 0 radical (unpaired) electrons. The molecule has 1 aromatic rings. The summed E-state index contributed by atoms with van der Waals surface area (Å²) in [4.78, 5) is 9.05. The van der Waals surface area contributed by atoms with Crippen molar-refractivity contribution in [2.45, 2.75) is 46.1 Å². The Morgan fingerprint density at radius 3 is 2.72 bits per heavy atom. The average molecular weight is 251 g/mol. The molecule has 4 heteroatoms. The van der Waals surface area contributed by atoms with Gasteiger partial charge < -0.3 is 10.1 Å². The van der Waals surface area contributed by atoms with Crippen LogP contribution in [0, 0.1) is 0 Å². The van der Waals surface area contributed by atoms with Crippen molar-refractivity contribution in [3.8, 4) is 0 Å². The van der Waals surface area contributed by atoms with Crippen LogP contribution < -0.4 is 5.32 Å². The minimum atomic E-state index is 0.680. The molecule has 0 aliphatic heterocycles. The second-order valence-corrected chi connectivity index (χ2v) is 4.43. The predicted octanol–water partition coefficient (Wildman–Crippen LogP) is 2.12. The quantitative estimate of drug-likeness (QED) is 0.683. The smallest absolute Gasteiger partial charge is 0.130 e. The highest BCUT2D eigenvalue weighted by atomic mass is 16.5. The van der Waals surface area contributed by atoms with Gasteiger partial charge in [0.15, 0.2) is 0 Å². The molecule has 1 rings (SSSR count). The molecule has 0 bridgehead atoms. The summed E-state index contributed by atoms with van der Waals surface area (Å²) in [6.45, 7) is 6.94. The van der Waals surface area contributed by atoms with Crippen LogP contribution in [0.25, 0.3) is 0 Å². The van der Waals surface area contributed by atoms with E-state index in [1.54, 1.807) is 7.11 Å². The first-order valence-electron chi connectivity index (χ1n) is 6.85. The lowest BCUT2D eigenvalue weighted by molar-refractivity contribution is 0.200. The minimum absolute atomic E-state index is 0.680.